The summed E-state index contributed by atoms with van der Waals surface area (Å²) in [5.74, 6) is 0. The van der Waals surface area contributed by atoms with Gasteiger partial charge in [0.15, 0.2) is 0 Å². The summed E-state index contributed by atoms with van der Waals surface area (Å²) < 4.78 is 0. The molecular formula is C17H18N2O. The summed E-state index contributed by atoms with van der Waals surface area (Å²) in [6.07, 6.45) is 0.432. The van der Waals surface area contributed by atoms with Gasteiger partial charge in [-0.1, -0.05) is 37.3 Å². The molecule has 0 heterocycles. The van der Waals surface area contributed by atoms with Crippen LogP contribution in [0.2, 0.25) is 0 Å². The fraction of sp³-hybridized carbons (Fsp3) is 0.235. The van der Waals surface area contributed by atoms with Crippen LogP contribution in [-0.4, -0.2) is 11.7 Å². The summed E-state index contributed by atoms with van der Waals surface area (Å²) in [5, 5.41) is 22.1. The minimum atomic E-state index is -0.563. The predicted octanol–water partition coefficient (Wildman–Crippen LogP) is 3.27. The number of rotatable bonds is 5. The smallest absolute Gasteiger partial charge is 0.0992 e. The van der Waals surface area contributed by atoms with Gasteiger partial charge in [0.1, 0.15) is 0 Å². The van der Waals surface area contributed by atoms with Crippen molar-refractivity contribution >= 4 is 5.69 Å². The molecule has 0 aliphatic carbocycles. The van der Waals surface area contributed by atoms with Crippen LogP contribution in [0.1, 0.15) is 29.7 Å². The molecule has 0 aliphatic rings. The summed E-state index contributed by atoms with van der Waals surface area (Å²) in [4.78, 5) is 0. The van der Waals surface area contributed by atoms with E-state index in [1.807, 2.05) is 36.4 Å². The summed E-state index contributed by atoms with van der Waals surface area (Å²) >= 11 is 0. The van der Waals surface area contributed by atoms with Gasteiger partial charge in [-0.05, 0) is 35.7 Å². The summed E-state index contributed by atoms with van der Waals surface area (Å²) in [7, 11) is 0. The Bertz CT molecular complexity index is 599. The van der Waals surface area contributed by atoms with Gasteiger partial charge in [0.2, 0.25) is 0 Å². The molecule has 0 radical (unpaired) electrons. The molecule has 0 saturated carbocycles. The summed E-state index contributed by atoms with van der Waals surface area (Å²) in [6.45, 7) is 2.52. The van der Waals surface area contributed by atoms with Crippen molar-refractivity contribution in [2.75, 3.05) is 11.9 Å². The van der Waals surface area contributed by atoms with Crippen molar-refractivity contribution in [1.82, 2.24) is 0 Å². The second-order valence-electron chi connectivity index (χ2n) is 4.68. The molecule has 0 saturated heterocycles. The molecule has 1 atom stereocenters. The Morgan fingerprint density at radius 1 is 1.20 bits per heavy atom. The molecule has 0 aliphatic heterocycles. The Labute approximate surface area is 119 Å². The number of aliphatic hydroxyl groups is 1. The van der Waals surface area contributed by atoms with Crippen LogP contribution in [0.15, 0.2) is 48.5 Å². The van der Waals surface area contributed by atoms with Crippen LogP contribution in [0.3, 0.4) is 0 Å². The van der Waals surface area contributed by atoms with Crippen LogP contribution in [0.5, 0.6) is 0 Å². The molecule has 0 spiro atoms. The molecule has 2 N–H and O–H groups in total. The second kappa shape index (κ2) is 6.74. The highest BCUT2D eigenvalue weighted by atomic mass is 16.3. The first-order chi connectivity index (χ1) is 9.72. The number of hydrogen-bond donors (Lipinski definition) is 2. The average molecular weight is 266 g/mol. The summed E-state index contributed by atoms with van der Waals surface area (Å²) in [5.41, 5.74) is 3.60. The lowest BCUT2D eigenvalue weighted by molar-refractivity contribution is 0.191. The highest BCUT2D eigenvalue weighted by Crippen LogP contribution is 2.16. The predicted molar refractivity (Wildman–Crippen MR) is 80.4 cm³/mol. The summed E-state index contributed by atoms with van der Waals surface area (Å²) in [6, 6.07) is 17.3. The molecule has 0 aromatic heterocycles. The highest BCUT2D eigenvalue weighted by Gasteiger charge is 2.07. The number of nitriles is 1. The molecule has 2 rings (SSSR count). The standard InChI is InChI=1S/C17H18N2O/c1-2-13-6-8-15(9-7-13)17(20)12-19-16-5-3-4-14(10-16)11-18/h3-10,17,19-20H,2,12H2,1H3. The zero-order valence-corrected chi connectivity index (χ0v) is 11.5. The van der Waals surface area contributed by atoms with Crippen molar-refractivity contribution in [3.05, 3.63) is 65.2 Å². The van der Waals surface area contributed by atoms with Crippen LogP contribution in [0, 0.1) is 11.3 Å². The normalized spacial score (nSPS) is 11.7. The maximum absolute atomic E-state index is 10.1. The number of anilines is 1. The molecule has 2 aromatic carbocycles. The zero-order valence-electron chi connectivity index (χ0n) is 11.5. The van der Waals surface area contributed by atoms with Crippen molar-refractivity contribution in [3.8, 4) is 6.07 Å². The molecule has 102 valence electrons. The Balaban J connectivity index is 1.97. The minimum Gasteiger partial charge on any atom is -0.387 e. The Hall–Kier alpha value is -2.31. The first-order valence-corrected chi connectivity index (χ1v) is 6.74. The molecule has 3 heteroatoms. The third kappa shape index (κ3) is 3.59. The van der Waals surface area contributed by atoms with Crippen LogP contribution in [0.25, 0.3) is 0 Å². The molecule has 2 aromatic rings. The number of nitrogens with one attached hydrogen (secondary N) is 1. The Morgan fingerprint density at radius 2 is 1.95 bits per heavy atom. The average Bonchev–Trinajstić information content (AvgIpc) is 2.53. The van der Waals surface area contributed by atoms with Crippen molar-refractivity contribution in [2.45, 2.75) is 19.4 Å². The van der Waals surface area contributed by atoms with Crippen LogP contribution < -0.4 is 5.32 Å². The van der Waals surface area contributed by atoms with Gasteiger partial charge >= 0.3 is 0 Å². The highest BCUT2D eigenvalue weighted by molar-refractivity contribution is 5.49. The first kappa shape index (κ1) is 14.1. The quantitative estimate of drug-likeness (QED) is 0.873. The van der Waals surface area contributed by atoms with E-state index in [0.29, 0.717) is 12.1 Å². The van der Waals surface area contributed by atoms with E-state index >= 15 is 0 Å². The second-order valence-corrected chi connectivity index (χ2v) is 4.68. The van der Waals surface area contributed by atoms with E-state index in [1.54, 1.807) is 12.1 Å². The molecule has 0 bridgehead atoms. The fourth-order valence-corrected chi connectivity index (χ4v) is 2.01. The van der Waals surface area contributed by atoms with E-state index < -0.39 is 6.10 Å². The number of aryl methyl sites for hydroxylation is 1. The maximum Gasteiger partial charge on any atom is 0.0992 e. The third-order valence-electron chi connectivity index (χ3n) is 3.26. The monoisotopic (exact) mass is 266 g/mol. The lowest BCUT2D eigenvalue weighted by Gasteiger charge is -2.13. The van der Waals surface area contributed by atoms with E-state index in [0.717, 1.165) is 17.7 Å². The topological polar surface area (TPSA) is 56.0 Å². The van der Waals surface area contributed by atoms with Gasteiger partial charge in [0.05, 0.1) is 17.7 Å². The Morgan fingerprint density at radius 3 is 2.60 bits per heavy atom. The third-order valence-corrected chi connectivity index (χ3v) is 3.26. The molecule has 1 unspecified atom stereocenters. The van der Waals surface area contributed by atoms with Crippen molar-refractivity contribution in [1.29, 1.82) is 5.26 Å². The fourth-order valence-electron chi connectivity index (χ4n) is 2.01. The van der Waals surface area contributed by atoms with Gasteiger partial charge in [-0.15, -0.1) is 0 Å². The van der Waals surface area contributed by atoms with Crippen molar-refractivity contribution in [2.24, 2.45) is 0 Å². The largest absolute Gasteiger partial charge is 0.387 e. The van der Waals surface area contributed by atoms with Crippen LogP contribution in [-0.2, 0) is 6.42 Å². The van der Waals surface area contributed by atoms with Gasteiger partial charge in [-0.3, -0.25) is 0 Å². The van der Waals surface area contributed by atoms with Gasteiger partial charge in [-0.2, -0.15) is 5.26 Å². The number of nitrogens with zero attached hydrogens (tertiary/aromatic N) is 1. The number of hydrogen-bond acceptors (Lipinski definition) is 3. The van der Waals surface area contributed by atoms with Crippen molar-refractivity contribution in [3.63, 3.8) is 0 Å². The van der Waals surface area contributed by atoms with Crippen LogP contribution >= 0.6 is 0 Å². The Kier molecular flexibility index (Phi) is 4.75. The molecule has 3 nitrogen and oxygen atoms in total. The van der Waals surface area contributed by atoms with Gasteiger partial charge in [0, 0.05) is 12.2 Å². The molecule has 0 fully saturated rings. The van der Waals surface area contributed by atoms with E-state index in [4.69, 9.17) is 5.26 Å². The van der Waals surface area contributed by atoms with Gasteiger partial charge < -0.3 is 10.4 Å². The molecule has 0 amide bonds. The zero-order chi connectivity index (χ0) is 14.4. The van der Waals surface area contributed by atoms with E-state index in [2.05, 4.69) is 18.3 Å². The lowest BCUT2D eigenvalue weighted by Crippen LogP contribution is -2.12. The van der Waals surface area contributed by atoms with E-state index in [1.165, 1.54) is 5.56 Å². The lowest BCUT2D eigenvalue weighted by atomic mass is 10.1. The molecule has 20 heavy (non-hydrogen) atoms. The SMILES string of the molecule is CCc1ccc(C(O)CNc2cccc(C#N)c2)cc1. The van der Waals surface area contributed by atoms with Gasteiger partial charge in [0.25, 0.3) is 0 Å². The van der Waals surface area contributed by atoms with Crippen molar-refractivity contribution < 1.29 is 5.11 Å². The maximum atomic E-state index is 10.1. The number of aliphatic hydroxyl groups excluding tert-OH is 1. The van der Waals surface area contributed by atoms with E-state index in [-0.39, 0.29) is 0 Å². The van der Waals surface area contributed by atoms with Gasteiger partial charge in [-0.25, -0.2) is 0 Å². The molecular weight excluding hydrogens is 248 g/mol. The van der Waals surface area contributed by atoms with E-state index in [9.17, 15) is 5.11 Å². The number of benzene rings is 2. The first-order valence-electron chi connectivity index (χ1n) is 6.74. The minimum absolute atomic E-state index is 0.417. The van der Waals surface area contributed by atoms with Crippen LogP contribution in [0.4, 0.5) is 5.69 Å².